The highest BCUT2D eigenvalue weighted by molar-refractivity contribution is 6.01. The van der Waals surface area contributed by atoms with E-state index in [9.17, 15) is 9.59 Å². The van der Waals surface area contributed by atoms with Crippen LogP contribution in [0.15, 0.2) is 78.9 Å². The third kappa shape index (κ3) is 3.39. The summed E-state index contributed by atoms with van der Waals surface area (Å²) in [7, 11) is 0. The van der Waals surface area contributed by atoms with E-state index in [0.29, 0.717) is 31.6 Å². The fourth-order valence-electron chi connectivity index (χ4n) is 4.59. The molecule has 0 saturated carbocycles. The largest absolute Gasteiger partial charge is 0.336 e. The molecule has 4 heteroatoms. The first-order chi connectivity index (χ1) is 14.7. The maximum Gasteiger partial charge on any atom is 0.255 e. The van der Waals surface area contributed by atoms with E-state index in [1.165, 1.54) is 11.1 Å². The zero-order valence-electron chi connectivity index (χ0n) is 16.8. The van der Waals surface area contributed by atoms with E-state index in [-0.39, 0.29) is 11.8 Å². The monoisotopic (exact) mass is 396 g/mol. The Morgan fingerprint density at radius 3 is 2.23 bits per heavy atom. The summed E-state index contributed by atoms with van der Waals surface area (Å²) in [6.45, 7) is 1.79. The van der Waals surface area contributed by atoms with Crippen molar-refractivity contribution in [2.24, 2.45) is 0 Å². The predicted octanol–water partition coefficient (Wildman–Crippen LogP) is 3.84. The number of fused-ring (bicyclic) bond motifs is 2. The van der Waals surface area contributed by atoms with Gasteiger partial charge >= 0.3 is 0 Å². The second-order valence-corrected chi connectivity index (χ2v) is 8.07. The van der Waals surface area contributed by atoms with E-state index in [1.54, 1.807) is 4.90 Å². The smallest absolute Gasteiger partial charge is 0.255 e. The summed E-state index contributed by atoms with van der Waals surface area (Å²) >= 11 is 0. The molecule has 3 aromatic rings. The van der Waals surface area contributed by atoms with Gasteiger partial charge in [-0.1, -0.05) is 72.8 Å². The molecule has 150 valence electrons. The fourth-order valence-corrected chi connectivity index (χ4v) is 4.59. The SMILES string of the molecule is O=C([C@@H](Cc1ccccc1)N1Cc2ccccc2C1=O)N1CCc2ccccc2C1. The minimum atomic E-state index is -0.502. The van der Waals surface area contributed by atoms with E-state index in [1.807, 2.05) is 65.6 Å². The van der Waals surface area contributed by atoms with Crippen molar-refractivity contribution in [1.29, 1.82) is 0 Å². The van der Waals surface area contributed by atoms with Crippen LogP contribution in [0.5, 0.6) is 0 Å². The lowest BCUT2D eigenvalue weighted by Gasteiger charge is -2.35. The van der Waals surface area contributed by atoms with Crippen molar-refractivity contribution in [2.75, 3.05) is 6.54 Å². The number of nitrogens with zero attached hydrogens (tertiary/aromatic N) is 2. The molecule has 0 unspecified atom stereocenters. The molecule has 1 atom stereocenters. The highest BCUT2D eigenvalue weighted by Crippen LogP contribution is 2.28. The Morgan fingerprint density at radius 1 is 0.800 bits per heavy atom. The minimum absolute atomic E-state index is 0.0366. The average Bonchev–Trinajstić information content (AvgIpc) is 3.14. The van der Waals surface area contributed by atoms with Crippen LogP contribution in [0.25, 0.3) is 0 Å². The molecule has 0 bridgehead atoms. The van der Waals surface area contributed by atoms with Gasteiger partial charge in [-0.05, 0) is 34.7 Å². The van der Waals surface area contributed by atoms with Crippen LogP contribution in [0.1, 0.15) is 32.6 Å². The van der Waals surface area contributed by atoms with Gasteiger partial charge in [0, 0.05) is 31.6 Å². The Morgan fingerprint density at radius 2 is 1.47 bits per heavy atom. The minimum Gasteiger partial charge on any atom is -0.336 e. The van der Waals surface area contributed by atoms with E-state index >= 15 is 0 Å². The Labute approximate surface area is 176 Å². The van der Waals surface area contributed by atoms with Gasteiger partial charge in [0.05, 0.1) is 0 Å². The molecule has 0 aliphatic carbocycles. The first-order valence-electron chi connectivity index (χ1n) is 10.5. The molecule has 2 heterocycles. The first kappa shape index (κ1) is 18.6. The van der Waals surface area contributed by atoms with Crippen LogP contribution in [-0.2, 0) is 30.7 Å². The third-order valence-electron chi connectivity index (χ3n) is 6.22. The van der Waals surface area contributed by atoms with Crippen molar-refractivity contribution in [3.63, 3.8) is 0 Å². The molecule has 4 nitrogen and oxygen atoms in total. The first-order valence-corrected chi connectivity index (χ1v) is 10.5. The van der Waals surface area contributed by atoms with Gasteiger partial charge in [-0.15, -0.1) is 0 Å². The van der Waals surface area contributed by atoms with Gasteiger partial charge in [-0.3, -0.25) is 9.59 Å². The van der Waals surface area contributed by atoms with Crippen LogP contribution in [0.2, 0.25) is 0 Å². The van der Waals surface area contributed by atoms with Gasteiger partial charge < -0.3 is 9.80 Å². The van der Waals surface area contributed by atoms with E-state index in [0.717, 1.165) is 17.5 Å². The molecule has 2 aliphatic rings. The Balaban J connectivity index is 1.45. The molecule has 5 rings (SSSR count). The number of carbonyl (C=O) groups excluding carboxylic acids is 2. The molecule has 0 saturated heterocycles. The number of hydrogen-bond donors (Lipinski definition) is 0. The van der Waals surface area contributed by atoms with Crippen molar-refractivity contribution in [3.8, 4) is 0 Å². The van der Waals surface area contributed by atoms with Gasteiger partial charge in [0.1, 0.15) is 6.04 Å². The summed E-state index contributed by atoms with van der Waals surface area (Å²) < 4.78 is 0. The van der Waals surface area contributed by atoms with E-state index in [2.05, 4.69) is 18.2 Å². The summed E-state index contributed by atoms with van der Waals surface area (Å²) in [4.78, 5) is 30.6. The number of hydrogen-bond acceptors (Lipinski definition) is 2. The zero-order chi connectivity index (χ0) is 20.5. The average molecular weight is 396 g/mol. The van der Waals surface area contributed by atoms with Gasteiger partial charge in [0.25, 0.3) is 5.91 Å². The molecule has 30 heavy (non-hydrogen) atoms. The van der Waals surface area contributed by atoms with Crippen molar-refractivity contribution in [2.45, 2.75) is 32.0 Å². The highest BCUT2D eigenvalue weighted by Gasteiger charge is 2.38. The number of benzene rings is 3. The maximum absolute atomic E-state index is 13.7. The molecule has 0 radical (unpaired) electrons. The van der Waals surface area contributed by atoms with Crippen LogP contribution in [0.4, 0.5) is 0 Å². The van der Waals surface area contributed by atoms with Crippen LogP contribution >= 0.6 is 0 Å². The van der Waals surface area contributed by atoms with Crippen molar-refractivity contribution < 1.29 is 9.59 Å². The normalized spacial score (nSPS) is 16.2. The van der Waals surface area contributed by atoms with Crippen molar-refractivity contribution in [1.82, 2.24) is 9.80 Å². The second-order valence-electron chi connectivity index (χ2n) is 8.07. The lowest BCUT2D eigenvalue weighted by atomic mass is 9.97. The molecule has 0 fully saturated rings. The molecule has 0 N–H and O–H groups in total. The maximum atomic E-state index is 13.7. The summed E-state index contributed by atoms with van der Waals surface area (Å²) in [5.74, 6) is -0.00759. The Bertz CT molecular complexity index is 1090. The third-order valence-corrected chi connectivity index (χ3v) is 6.22. The van der Waals surface area contributed by atoms with Crippen molar-refractivity contribution in [3.05, 3.63) is 107 Å². The number of rotatable bonds is 4. The highest BCUT2D eigenvalue weighted by atomic mass is 16.2. The van der Waals surface area contributed by atoms with Crippen molar-refractivity contribution >= 4 is 11.8 Å². The summed E-state index contributed by atoms with van der Waals surface area (Å²) in [5.41, 5.74) is 5.29. The van der Waals surface area contributed by atoms with Gasteiger partial charge in [-0.2, -0.15) is 0 Å². The molecule has 2 aliphatic heterocycles. The molecule has 3 aromatic carbocycles. The van der Waals surface area contributed by atoms with Gasteiger partial charge in [0.2, 0.25) is 5.91 Å². The summed E-state index contributed by atoms with van der Waals surface area (Å²) in [6.07, 6.45) is 1.38. The number of amides is 2. The molecular weight excluding hydrogens is 372 g/mol. The lowest BCUT2D eigenvalue weighted by Crippen LogP contribution is -2.51. The fraction of sp³-hybridized carbons (Fsp3) is 0.231. The van der Waals surface area contributed by atoms with Gasteiger partial charge in [-0.25, -0.2) is 0 Å². The van der Waals surface area contributed by atoms with Crippen LogP contribution in [0.3, 0.4) is 0 Å². The standard InChI is InChI=1S/C26H24N2O2/c29-25-23-13-7-6-12-22(23)18-28(25)24(16-19-8-2-1-3-9-19)26(30)27-15-14-20-10-4-5-11-21(20)17-27/h1-13,24H,14-18H2/t24-/m1/s1. The second kappa shape index (κ2) is 7.79. The van der Waals surface area contributed by atoms with Crippen LogP contribution in [-0.4, -0.2) is 34.2 Å². The van der Waals surface area contributed by atoms with Crippen LogP contribution < -0.4 is 0 Å². The molecular formula is C26H24N2O2. The Hall–Kier alpha value is -3.40. The number of carbonyl (C=O) groups is 2. The quantitative estimate of drug-likeness (QED) is 0.672. The summed E-state index contributed by atoms with van der Waals surface area (Å²) in [6, 6.07) is 25.5. The lowest BCUT2D eigenvalue weighted by molar-refractivity contribution is -0.137. The van der Waals surface area contributed by atoms with Crippen LogP contribution in [0, 0.1) is 0 Å². The molecule has 0 aromatic heterocycles. The molecule has 0 spiro atoms. The topological polar surface area (TPSA) is 40.6 Å². The van der Waals surface area contributed by atoms with E-state index < -0.39 is 6.04 Å². The predicted molar refractivity (Wildman–Crippen MR) is 116 cm³/mol. The van der Waals surface area contributed by atoms with E-state index in [4.69, 9.17) is 0 Å². The van der Waals surface area contributed by atoms with Gasteiger partial charge in [0.15, 0.2) is 0 Å². The molecule has 2 amide bonds. The Kier molecular flexibility index (Phi) is 4.83. The zero-order valence-corrected chi connectivity index (χ0v) is 16.8. The summed E-state index contributed by atoms with van der Waals surface area (Å²) in [5, 5.41) is 0.